The summed E-state index contributed by atoms with van der Waals surface area (Å²) in [4.78, 5) is 4.18. The number of nitrogens with zero attached hydrogens (tertiary/aromatic N) is 2. The van der Waals surface area contributed by atoms with Crippen molar-refractivity contribution < 1.29 is 14.4 Å². The Balaban J connectivity index is 2.72. The molecule has 15 heavy (non-hydrogen) atoms. The lowest BCUT2D eigenvalue weighted by molar-refractivity contribution is 0.00973. The zero-order valence-corrected chi connectivity index (χ0v) is 9.65. The van der Waals surface area contributed by atoms with Crippen LogP contribution in [0.25, 0.3) is 0 Å². The number of aromatic nitrogens is 2. The molecule has 0 bridgehead atoms. The van der Waals surface area contributed by atoms with Crippen molar-refractivity contribution in [2.24, 2.45) is 0 Å². The van der Waals surface area contributed by atoms with Crippen LogP contribution < -0.4 is 0 Å². The van der Waals surface area contributed by atoms with Crippen LogP contribution in [0.5, 0.6) is 0 Å². The van der Waals surface area contributed by atoms with E-state index < -0.39 is 11.7 Å². The van der Waals surface area contributed by atoms with Crippen molar-refractivity contribution in [3.8, 4) is 0 Å². The summed E-state index contributed by atoms with van der Waals surface area (Å²) in [6, 6.07) is 0. The third-order valence-electron chi connectivity index (χ3n) is 2.40. The molecule has 0 spiro atoms. The van der Waals surface area contributed by atoms with E-state index in [0.29, 0.717) is 24.6 Å². The number of hydrogen-bond acceptors (Lipinski definition) is 5. The molecule has 1 aromatic rings. The molecule has 0 aromatic carbocycles. The van der Waals surface area contributed by atoms with E-state index in [4.69, 9.17) is 9.26 Å². The minimum absolute atomic E-state index is 0.392. The van der Waals surface area contributed by atoms with Crippen LogP contribution in [0.3, 0.4) is 0 Å². The Labute approximate surface area is 89.4 Å². The Bertz CT molecular complexity index is 309. The summed E-state index contributed by atoms with van der Waals surface area (Å²) in [5.74, 6) is 0.952. The van der Waals surface area contributed by atoms with Crippen molar-refractivity contribution in [1.82, 2.24) is 10.1 Å². The average Bonchev–Trinajstić information content (AvgIpc) is 2.66. The molecular formula is C10H18N2O3. The Morgan fingerprint density at radius 1 is 1.53 bits per heavy atom. The molecule has 1 heterocycles. The molecule has 0 aliphatic rings. The number of hydrogen-bond donors (Lipinski definition) is 1. The first-order chi connectivity index (χ1) is 6.99. The van der Waals surface area contributed by atoms with Crippen molar-refractivity contribution in [3.05, 3.63) is 11.7 Å². The van der Waals surface area contributed by atoms with E-state index in [-0.39, 0.29) is 0 Å². The first-order valence-electron chi connectivity index (χ1n) is 5.06. The molecule has 0 amide bonds. The SMILES string of the molecule is CCC(O)Cc1nc(C(C)(C)OC)no1. The summed E-state index contributed by atoms with van der Waals surface area (Å²) in [6.07, 6.45) is 0.637. The monoisotopic (exact) mass is 214 g/mol. The highest BCUT2D eigenvalue weighted by Gasteiger charge is 2.26. The fourth-order valence-electron chi connectivity index (χ4n) is 1.02. The molecule has 5 nitrogen and oxygen atoms in total. The maximum atomic E-state index is 9.42. The maximum Gasteiger partial charge on any atom is 0.229 e. The van der Waals surface area contributed by atoms with Gasteiger partial charge in [0.25, 0.3) is 0 Å². The highest BCUT2D eigenvalue weighted by molar-refractivity contribution is 4.97. The minimum atomic E-state index is -0.557. The minimum Gasteiger partial charge on any atom is -0.393 e. The predicted molar refractivity (Wildman–Crippen MR) is 54.3 cm³/mol. The zero-order valence-electron chi connectivity index (χ0n) is 9.65. The number of rotatable bonds is 5. The fraction of sp³-hybridized carbons (Fsp3) is 0.800. The molecule has 1 rings (SSSR count). The van der Waals surface area contributed by atoms with E-state index >= 15 is 0 Å². The number of aliphatic hydroxyl groups excluding tert-OH is 1. The summed E-state index contributed by atoms with van der Waals surface area (Å²) in [7, 11) is 1.59. The second kappa shape index (κ2) is 4.72. The smallest absolute Gasteiger partial charge is 0.229 e. The zero-order chi connectivity index (χ0) is 11.5. The first-order valence-corrected chi connectivity index (χ1v) is 5.06. The normalized spacial score (nSPS) is 14.2. The van der Waals surface area contributed by atoms with Crippen LogP contribution in [0.4, 0.5) is 0 Å². The second-order valence-corrected chi connectivity index (χ2v) is 3.99. The summed E-state index contributed by atoms with van der Waals surface area (Å²) >= 11 is 0. The van der Waals surface area contributed by atoms with Crippen molar-refractivity contribution in [2.45, 2.75) is 45.3 Å². The van der Waals surface area contributed by atoms with Crippen LogP contribution in [0.1, 0.15) is 38.9 Å². The lowest BCUT2D eigenvalue weighted by Gasteiger charge is -2.17. The Morgan fingerprint density at radius 3 is 2.73 bits per heavy atom. The van der Waals surface area contributed by atoms with Gasteiger partial charge in [0.2, 0.25) is 11.7 Å². The molecule has 86 valence electrons. The van der Waals surface area contributed by atoms with Gasteiger partial charge in [-0.25, -0.2) is 0 Å². The third-order valence-corrected chi connectivity index (χ3v) is 2.40. The number of aliphatic hydroxyl groups is 1. The van der Waals surface area contributed by atoms with Crippen LogP contribution in [0.2, 0.25) is 0 Å². The average molecular weight is 214 g/mol. The number of methoxy groups -OCH3 is 1. The maximum absolute atomic E-state index is 9.42. The second-order valence-electron chi connectivity index (χ2n) is 3.99. The molecule has 0 fully saturated rings. The van der Waals surface area contributed by atoms with E-state index in [9.17, 15) is 5.11 Å². The van der Waals surface area contributed by atoms with Crippen molar-refractivity contribution >= 4 is 0 Å². The molecule has 0 saturated heterocycles. The molecule has 1 unspecified atom stereocenters. The standard InChI is InChI=1S/C10H18N2O3/c1-5-7(13)6-8-11-9(12-15-8)10(2,3)14-4/h7,13H,5-6H2,1-4H3. The van der Waals surface area contributed by atoms with Crippen molar-refractivity contribution in [3.63, 3.8) is 0 Å². The third kappa shape index (κ3) is 3.00. The van der Waals surface area contributed by atoms with Gasteiger partial charge in [-0.15, -0.1) is 0 Å². The summed E-state index contributed by atoms with van der Waals surface area (Å²) in [6.45, 7) is 5.62. The molecule has 0 aliphatic carbocycles. The first kappa shape index (κ1) is 12.1. The van der Waals surface area contributed by atoms with Gasteiger partial charge in [0.1, 0.15) is 5.60 Å². The lowest BCUT2D eigenvalue weighted by Crippen LogP contribution is -2.21. The van der Waals surface area contributed by atoms with E-state index in [2.05, 4.69) is 10.1 Å². The largest absolute Gasteiger partial charge is 0.393 e. The molecule has 5 heteroatoms. The van der Waals surface area contributed by atoms with E-state index in [1.165, 1.54) is 0 Å². The molecule has 1 N–H and O–H groups in total. The molecule has 1 atom stereocenters. The van der Waals surface area contributed by atoms with Crippen LogP contribution in [0.15, 0.2) is 4.52 Å². The molecular weight excluding hydrogens is 196 g/mol. The summed E-state index contributed by atoms with van der Waals surface area (Å²) in [5, 5.41) is 13.2. The summed E-state index contributed by atoms with van der Waals surface area (Å²) < 4.78 is 10.2. The van der Waals surface area contributed by atoms with Gasteiger partial charge in [0.15, 0.2) is 0 Å². The summed E-state index contributed by atoms with van der Waals surface area (Å²) in [5.41, 5.74) is -0.557. The van der Waals surface area contributed by atoms with Crippen LogP contribution in [-0.2, 0) is 16.8 Å². The van der Waals surface area contributed by atoms with Gasteiger partial charge in [-0.1, -0.05) is 12.1 Å². The van der Waals surface area contributed by atoms with Gasteiger partial charge < -0.3 is 14.4 Å². The number of ether oxygens (including phenoxy) is 1. The highest BCUT2D eigenvalue weighted by Crippen LogP contribution is 2.20. The lowest BCUT2D eigenvalue weighted by atomic mass is 10.1. The quantitative estimate of drug-likeness (QED) is 0.799. The molecule has 0 saturated carbocycles. The van der Waals surface area contributed by atoms with Crippen molar-refractivity contribution in [1.29, 1.82) is 0 Å². The van der Waals surface area contributed by atoms with Gasteiger partial charge >= 0.3 is 0 Å². The highest BCUT2D eigenvalue weighted by atomic mass is 16.5. The molecule has 1 aromatic heterocycles. The molecule has 0 radical (unpaired) electrons. The van der Waals surface area contributed by atoms with Gasteiger partial charge in [0, 0.05) is 7.11 Å². The van der Waals surface area contributed by atoms with Gasteiger partial charge in [-0.2, -0.15) is 4.98 Å². The van der Waals surface area contributed by atoms with E-state index in [0.717, 1.165) is 0 Å². The Morgan fingerprint density at radius 2 is 2.20 bits per heavy atom. The van der Waals surface area contributed by atoms with Crippen LogP contribution >= 0.6 is 0 Å². The van der Waals surface area contributed by atoms with Gasteiger partial charge in [-0.3, -0.25) is 0 Å². The predicted octanol–water partition coefficient (Wildman–Crippen LogP) is 1.26. The van der Waals surface area contributed by atoms with E-state index in [1.54, 1.807) is 7.11 Å². The van der Waals surface area contributed by atoms with Crippen LogP contribution in [-0.4, -0.2) is 28.5 Å². The van der Waals surface area contributed by atoms with Crippen molar-refractivity contribution in [2.75, 3.05) is 7.11 Å². The van der Waals surface area contributed by atoms with E-state index in [1.807, 2.05) is 20.8 Å². The van der Waals surface area contributed by atoms with Crippen LogP contribution in [0, 0.1) is 0 Å². The topological polar surface area (TPSA) is 68.4 Å². The Kier molecular flexibility index (Phi) is 3.82. The molecule has 0 aliphatic heterocycles. The van der Waals surface area contributed by atoms with Gasteiger partial charge in [0.05, 0.1) is 12.5 Å². The fourth-order valence-corrected chi connectivity index (χ4v) is 1.02. The Hall–Kier alpha value is -0.940. The van der Waals surface area contributed by atoms with Gasteiger partial charge in [-0.05, 0) is 20.3 Å².